The molecule has 3 rings (SSSR count). The molecular weight excluding hydrogens is 224 g/mol. The maximum absolute atomic E-state index is 5.59. The van der Waals surface area contributed by atoms with Crippen LogP contribution >= 0.6 is 0 Å². The second-order valence-corrected chi connectivity index (χ2v) is 5.30. The molecule has 98 valence electrons. The third-order valence-electron chi connectivity index (χ3n) is 4.27. The largest absolute Gasteiger partial charge is 0.496 e. The molecule has 0 spiro atoms. The van der Waals surface area contributed by atoms with Gasteiger partial charge in [-0.1, -0.05) is 12.1 Å². The summed E-state index contributed by atoms with van der Waals surface area (Å²) >= 11 is 0. The zero-order chi connectivity index (χ0) is 12.4. The van der Waals surface area contributed by atoms with Crippen molar-refractivity contribution in [1.82, 2.24) is 10.6 Å². The average Bonchev–Trinajstić information content (AvgIpc) is 2.47. The van der Waals surface area contributed by atoms with E-state index < -0.39 is 0 Å². The summed E-state index contributed by atoms with van der Waals surface area (Å²) in [6.07, 6.45) is 3.76. The third kappa shape index (κ3) is 2.13. The Kier molecular flexibility index (Phi) is 3.52. The fourth-order valence-corrected chi connectivity index (χ4v) is 3.43. The van der Waals surface area contributed by atoms with E-state index in [1.807, 2.05) is 0 Å². The first-order valence-electron chi connectivity index (χ1n) is 7.00. The summed E-state index contributed by atoms with van der Waals surface area (Å²) in [4.78, 5) is 0. The number of benzene rings is 1. The van der Waals surface area contributed by atoms with Gasteiger partial charge in [-0.15, -0.1) is 0 Å². The van der Waals surface area contributed by atoms with Crippen LogP contribution in [-0.4, -0.2) is 32.8 Å². The normalized spacial score (nSPS) is 27.6. The Hall–Kier alpha value is -1.06. The maximum Gasteiger partial charge on any atom is 0.122 e. The van der Waals surface area contributed by atoms with Crippen molar-refractivity contribution in [1.29, 1.82) is 0 Å². The van der Waals surface area contributed by atoms with E-state index in [1.54, 1.807) is 7.11 Å². The molecule has 2 N–H and O–H groups in total. The highest BCUT2D eigenvalue weighted by Gasteiger charge is 2.31. The highest BCUT2D eigenvalue weighted by Crippen LogP contribution is 2.39. The van der Waals surface area contributed by atoms with E-state index >= 15 is 0 Å². The third-order valence-corrected chi connectivity index (χ3v) is 4.27. The van der Waals surface area contributed by atoms with Crippen molar-refractivity contribution in [2.45, 2.75) is 31.2 Å². The maximum atomic E-state index is 5.59. The Labute approximate surface area is 109 Å². The molecule has 3 heteroatoms. The molecule has 18 heavy (non-hydrogen) atoms. The number of rotatable bonds is 2. The predicted octanol–water partition coefficient (Wildman–Crippen LogP) is 1.68. The van der Waals surface area contributed by atoms with Crippen LogP contribution in [0.1, 0.15) is 29.9 Å². The van der Waals surface area contributed by atoms with Gasteiger partial charge in [-0.05, 0) is 30.9 Å². The Balaban J connectivity index is 1.94. The van der Waals surface area contributed by atoms with Crippen LogP contribution in [0.2, 0.25) is 0 Å². The molecule has 0 aromatic heterocycles. The zero-order valence-electron chi connectivity index (χ0n) is 11.0. The number of nitrogens with one attached hydrogen (secondary N) is 2. The summed E-state index contributed by atoms with van der Waals surface area (Å²) in [6.45, 7) is 3.23. The minimum atomic E-state index is 0.550. The van der Waals surface area contributed by atoms with E-state index in [9.17, 15) is 0 Å². The lowest BCUT2D eigenvalue weighted by molar-refractivity contribution is 0.328. The van der Waals surface area contributed by atoms with Crippen molar-refractivity contribution < 1.29 is 4.74 Å². The van der Waals surface area contributed by atoms with Gasteiger partial charge in [0.1, 0.15) is 5.75 Å². The molecule has 3 nitrogen and oxygen atoms in total. The smallest absolute Gasteiger partial charge is 0.122 e. The molecule has 1 aromatic carbocycles. The standard InChI is InChI=1S/C15H22N2O/c1-18-14-7-3-5-11-4-2-6-12(15(11)14)13-10-16-8-9-17-13/h3,5,7,12-13,16-17H,2,4,6,8-10H2,1H3. The number of hydrogen-bond acceptors (Lipinski definition) is 3. The molecule has 0 radical (unpaired) electrons. The first kappa shape index (κ1) is 12.0. The second-order valence-electron chi connectivity index (χ2n) is 5.30. The Bertz CT molecular complexity index is 399. The molecule has 2 atom stereocenters. The van der Waals surface area contributed by atoms with E-state index in [0.29, 0.717) is 12.0 Å². The second kappa shape index (κ2) is 5.29. The number of methoxy groups -OCH3 is 1. The van der Waals surface area contributed by atoms with Gasteiger partial charge in [-0.3, -0.25) is 0 Å². The number of fused-ring (bicyclic) bond motifs is 1. The fraction of sp³-hybridized carbons (Fsp3) is 0.600. The van der Waals surface area contributed by atoms with Gasteiger partial charge in [0.2, 0.25) is 0 Å². The Morgan fingerprint density at radius 2 is 2.22 bits per heavy atom. The quantitative estimate of drug-likeness (QED) is 0.833. The summed E-state index contributed by atoms with van der Waals surface area (Å²) in [5.41, 5.74) is 2.94. The molecule has 1 aliphatic carbocycles. The van der Waals surface area contributed by atoms with Crippen molar-refractivity contribution in [3.05, 3.63) is 29.3 Å². The van der Waals surface area contributed by atoms with Gasteiger partial charge in [-0.2, -0.15) is 0 Å². The first-order chi connectivity index (χ1) is 8.90. The van der Waals surface area contributed by atoms with E-state index in [0.717, 1.165) is 25.4 Å². The summed E-state index contributed by atoms with van der Waals surface area (Å²) < 4.78 is 5.59. The van der Waals surface area contributed by atoms with Crippen LogP contribution in [0, 0.1) is 0 Å². The zero-order valence-corrected chi connectivity index (χ0v) is 11.0. The predicted molar refractivity (Wildman–Crippen MR) is 73.3 cm³/mol. The van der Waals surface area contributed by atoms with Gasteiger partial charge in [0.15, 0.2) is 0 Å². The Morgan fingerprint density at radius 1 is 1.28 bits per heavy atom. The van der Waals surface area contributed by atoms with Crippen LogP contribution in [-0.2, 0) is 6.42 Å². The van der Waals surface area contributed by atoms with Crippen molar-refractivity contribution in [2.75, 3.05) is 26.7 Å². The number of ether oxygens (including phenoxy) is 1. The molecule has 1 heterocycles. The minimum absolute atomic E-state index is 0.550. The van der Waals surface area contributed by atoms with Crippen molar-refractivity contribution >= 4 is 0 Å². The minimum Gasteiger partial charge on any atom is -0.496 e. The molecule has 1 aliphatic heterocycles. The van der Waals surface area contributed by atoms with E-state index in [4.69, 9.17) is 4.74 Å². The van der Waals surface area contributed by atoms with E-state index in [-0.39, 0.29) is 0 Å². The van der Waals surface area contributed by atoms with Crippen LogP contribution in [0.3, 0.4) is 0 Å². The van der Waals surface area contributed by atoms with Crippen LogP contribution in [0.15, 0.2) is 18.2 Å². The lowest BCUT2D eigenvalue weighted by Gasteiger charge is -2.36. The van der Waals surface area contributed by atoms with Gasteiger partial charge in [-0.25, -0.2) is 0 Å². The van der Waals surface area contributed by atoms with Gasteiger partial charge in [0.25, 0.3) is 0 Å². The summed E-state index contributed by atoms with van der Waals surface area (Å²) in [5, 5.41) is 7.16. The molecule has 2 unspecified atom stereocenters. The molecule has 0 amide bonds. The van der Waals surface area contributed by atoms with Crippen LogP contribution in [0.25, 0.3) is 0 Å². The van der Waals surface area contributed by atoms with Crippen LogP contribution < -0.4 is 15.4 Å². The van der Waals surface area contributed by atoms with Gasteiger partial charge in [0.05, 0.1) is 7.11 Å². The Morgan fingerprint density at radius 3 is 3.00 bits per heavy atom. The van der Waals surface area contributed by atoms with Crippen LogP contribution in [0.4, 0.5) is 0 Å². The molecule has 0 saturated carbocycles. The fourth-order valence-electron chi connectivity index (χ4n) is 3.43. The van der Waals surface area contributed by atoms with E-state index in [2.05, 4.69) is 28.8 Å². The lowest BCUT2D eigenvalue weighted by Crippen LogP contribution is -2.51. The molecule has 0 bridgehead atoms. The highest BCUT2D eigenvalue weighted by atomic mass is 16.5. The lowest BCUT2D eigenvalue weighted by atomic mass is 9.77. The van der Waals surface area contributed by atoms with Gasteiger partial charge >= 0.3 is 0 Å². The number of hydrogen-bond donors (Lipinski definition) is 2. The summed E-state index contributed by atoms with van der Waals surface area (Å²) in [5.74, 6) is 1.67. The SMILES string of the molecule is COc1cccc2c1C(C1CNCCN1)CCC2. The molecule has 1 fully saturated rings. The number of piperazine rings is 1. The topological polar surface area (TPSA) is 33.3 Å². The van der Waals surface area contributed by atoms with Crippen molar-refractivity contribution in [3.63, 3.8) is 0 Å². The van der Waals surface area contributed by atoms with Gasteiger partial charge < -0.3 is 15.4 Å². The van der Waals surface area contributed by atoms with Crippen LogP contribution in [0.5, 0.6) is 5.75 Å². The molecule has 2 aliphatic rings. The van der Waals surface area contributed by atoms with Gasteiger partial charge in [0, 0.05) is 37.2 Å². The first-order valence-corrected chi connectivity index (χ1v) is 7.00. The molecule has 1 saturated heterocycles. The molecular formula is C15H22N2O. The number of aryl methyl sites for hydroxylation is 1. The summed E-state index contributed by atoms with van der Waals surface area (Å²) in [7, 11) is 1.79. The van der Waals surface area contributed by atoms with Crippen molar-refractivity contribution in [2.24, 2.45) is 0 Å². The van der Waals surface area contributed by atoms with E-state index in [1.165, 1.54) is 30.4 Å². The monoisotopic (exact) mass is 246 g/mol. The summed E-state index contributed by atoms with van der Waals surface area (Å²) in [6, 6.07) is 7.04. The highest BCUT2D eigenvalue weighted by molar-refractivity contribution is 5.45. The molecule has 1 aromatic rings. The average molecular weight is 246 g/mol. The van der Waals surface area contributed by atoms with Crippen molar-refractivity contribution in [3.8, 4) is 5.75 Å².